The molecule has 0 fully saturated rings. The Kier molecular flexibility index (Phi) is 30.1. The summed E-state index contributed by atoms with van der Waals surface area (Å²) in [6, 6.07) is 103. The number of ether oxygens (including phenoxy) is 4. The Balaban J connectivity index is 0.0000129. The third-order valence-corrected chi connectivity index (χ3v) is 23.6. The van der Waals surface area contributed by atoms with Crippen molar-refractivity contribution in [2.24, 2.45) is 0 Å². The SMILES string of the molecule is CCCCOc1ccc(-c2ccc(CC(=O)Nc3ccccc3-c3c4nc(c(-c5ccccc5NC(=O)Cc5ccc(-c6ccc(OCCCC)cc6)cc5)c5ccc([n-]5)c(-c5ccccc5NC(=O)Cc5ccc(-c6ccc(OCCCC)cc6)cc5)c5nc(c(-c6ccccc6NC(=O)Cc6ccc(-c7ccc(OCCCC)cc7)cc6)c6ccc3[n-]6)C=C5)C=C4)cc2)cc1.[Mn+2]. The van der Waals surface area contributed by atoms with Gasteiger partial charge in [-0.25, -0.2) is 9.97 Å². The van der Waals surface area contributed by atoms with Crippen molar-refractivity contribution in [3.8, 4) is 112 Å². The standard InChI is InChI=1S/C116H106N8O8.Mn/c1-5-9-69-129-89-53-45-85(46-54-89)81-37-29-77(30-38-81)73-109(125)121-97-25-17-13-21-93(97)113-101-61-63-103(117-101)114(94-22-14-18-26-98(94)122-110(126)74-78-31-39-82(40-32-78)86-47-55-90(56-48-86)130-70-10-6-2)105-65-67-107(119-105)116(96-24-16-20-28-100(96)124-112(128)76-80-35-43-84(44-36-80)88-51-59-92(60-52-88)132-72-12-8-4)108-68-66-106(120-108)115(104-64-62-102(113)118-104)95-23-15-19-27-99(95)123-111(127)75-79-33-41-83(42-34-79)87-49-57-91(58-50-87)131-71-11-7-3;/h13-68H,5-12,69-76H2,1-4H3,(H6,117,118,119,120,121,122,123,124,125,126,127,128);/q;+2/p-2. The molecule has 5 heterocycles. The molecule has 2 aliphatic rings. The minimum atomic E-state index is -0.239. The van der Waals surface area contributed by atoms with Gasteiger partial charge in [-0.15, -0.1) is 22.1 Å². The molecule has 0 unspecified atom stereocenters. The molecule has 17 heteroatoms. The fraction of sp³-hybridized carbons (Fsp3) is 0.172. The first kappa shape index (κ1) is 91.2. The van der Waals surface area contributed by atoms with Gasteiger partial charge in [-0.3, -0.25) is 19.2 Å². The summed E-state index contributed by atoms with van der Waals surface area (Å²) in [6.07, 6.45) is 16.3. The van der Waals surface area contributed by atoms with E-state index in [0.29, 0.717) is 139 Å². The van der Waals surface area contributed by atoms with Gasteiger partial charge in [0.05, 0.1) is 74.9 Å². The number of nitrogens with one attached hydrogen (secondary N) is 4. The van der Waals surface area contributed by atoms with E-state index in [1.165, 1.54) is 0 Å². The first-order valence-corrected chi connectivity index (χ1v) is 45.8. The summed E-state index contributed by atoms with van der Waals surface area (Å²) in [5.74, 6) is 2.35. The van der Waals surface area contributed by atoms with Crippen LogP contribution in [0.5, 0.6) is 23.0 Å². The van der Waals surface area contributed by atoms with E-state index in [-0.39, 0.29) is 66.4 Å². The number of nitrogens with zero attached hydrogens (tertiary/aromatic N) is 4. The summed E-state index contributed by atoms with van der Waals surface area (Å²) in [7, 11) is 0. The van der Waals surface area contributed by atoms with E-state index < -0.39 is 0 Å². The summed E-state index contributed by atoms with van der Waals surface area (Å²) >= 11 is 0. The molecule has 0 saturated carbocycles. The molecule has 0 aliphatic carbocycles. The Bertz CT molecular complexity index is 6050. The predicted molar refractivity (Wildman–Crippen MR) is 537 cm³/mol. The molecular formula is C116H104MnN8O8. The number of anilines is 4. The van der Waals surface area contributed by atoms with E-state index in [0.717, 1.165) is 141 Å². The van der Waals surface area contributed by atoms with Gasteiger partial charge in [-0.05, 0) is 212 Å². The zero-order valence-electron chi connectivity index (χ0n) is 75.1. The van der Waals surface area contributed by atoms with Crippen molar-refractivity contribution < 1.29 is 55.2 Å². The van der Waals surface area contributed by atoms with E-state index >= 15 is 0 Å². The molecule has 8 bridgehead atoms. The Hall–Kier alpha value is -15.2. The van der Waals surface area contributed by atoms with Gasteiger partial charge in [-0.2, -0.15) is 0 Å². The van der Waals surface area contributed by atoms with Gasteiger partial charge in [-0.1, -0.05) is 296 Å². The largest absolute Gasteiger partial charge is 2.00 e. The molecule has 1 radical (unpaired) electrons. The summed E-state index contributed by atoms with van der Waals surface area (Å²) in [5, 5.41) is 13.3. The second-order valence-corrected chi connectivity index (χ2v) is 33.1. The van der Waals surface area contributed by atoms with E-state index in [4.69, 9.17) is 38.9 Å². The van der Waals surface area contributed by atoms with Crippen LogP contribution in [0.3, 0.4) is 0 Å². The fourth-order valence-electron chi connectivity index (χ4n) is 16.5. The van der Waals surface area contributed by atoms with Crippen LogP contribution in [0.25, 0.3) is 135 Å². The maximum absolute atomic E-state index is 14.8. The van der Waals surface area contributed by atoms with Crippen LogP contribution in [0.15, 0.2) is 315 Å². The van der Waals surface area contributed by atoms with Crippen molar-refractivity contribution >= 4 is 92.7 Å². The molecule has 0 saturated heterocycles. The molecule has 0 spiro atoms. The number of hydrogen-bond donors (Lipinski definition) is 4. The fourth-order valence-corrected chi connectivity index (χ4v) is 16.5. The van der Waals surface area contributed by atoms with Crippen molar-refractivity contribution in [2.45, 2.75) is 105 Å². The molecule has 17 rings (SSSR count). The minimum Gasteiger partial charge on any atom is -0.657 e. The van der Waals surface area contributed by atoms with E-state index in [1.807, 2.05) is 291 Å². The number of fused-ring (bicyclic) bond motifs is 8. The quantitative estimate of drug-likeness (QED) is 0.0214. The Labute approximate surface area is 787 Å². The molecule has 2 aliphatic heterocycles. The maximum atomic E-state index is 14.8. The van der Waals surface area contributed by atoms with Crippen molar-refractivity contribution in [3.05, 3.63) is 360 Å². The zero-order valence-corrected chi connectivity index (χ0v) is 76.3. The smallest absolute Gasteiger partial charge is 0.657 e. The molecule has 4 N–H and O–H groups in total. The summed E-state index contributed by atoms with van der Waals surface area (Å²) < 4.78 is 23.8. The number of aromatic nitrogens is 4. The second kappa shape index (κ2) is 44.0. The van der Waals surface area contributed by atoms with E-state index in [2.05, 4.69) is 97.5 Å². The number of hydrogen-bond acceptors (Lipinski definition) is 10. The minimum absolute atomic E-state index is 0. The van der Waals surface area contributed by atoms with Crippen LogP contribution in [-0.4, -0.2) is 60.0 Å². The van der Waals surface area contributed by atoms with Crippen LogP contribution >= 0.6 is 0 Å². The van der Waals surface area contributed by atoms with Crippen molar-refractivity contribution in [1.82, 2.24) is 19.9 Å². The summed E-state index contributed by atoms with van der Waals surface area (Å²) in [4.78, 5) is 82.0. The first-order chi connectivity index (χ1) is 64.8. The monoisotopic (exact) mass is 1790 g/mol. The predicted octanol–water partition coefficient (Wildman–Crippen LogP) is 26.7. The third-order valence-electron chi connectivity index (χ3n) is 23.6. The average Bonchev–Trinajstić information content (AvgIpc) is 1.61. The molecule has 16 nitrogen and oxygen atoms in total. The van der Waals surface area contributed by atoms with Crippen LogP contribution < -0.4 is 50.2 Å². The number of carbonyl (C=O) groups excluding carboxylic acids is 4. The first-order valence-electron chi connectivity index (χ1n) is 45.8. The molecule has 4 amide bonds. The number of amides is 4. The Morgan fingerprint density at radius 1 is 0.248 bits per heavy atom. The van der Waals surface area contributed by atoms with Gasteiger partial charge >= 0.3 is 17.1 Å². The number of benzene rings is 12. The van der Waals surface area contributed by atoms with E-state index in [1.54, 1.807) is 0 Å². The van der Waals surface area contributed by atoms with Gasteiger partial charge < -0.3 is 50.2 Å². The third kappa shape index (κ3) is 22.6. The molecule has 663 valence electrons. The number of unbranched alkanes of at least 4 members (excludes halogenated alkanes) is 4. The normalized spacial score (nSPS) is 11.3. The maximum Gasteiger partial charge on any atom is 2.00 e. The zero-order chi connectivity index (χ0) is 90.5. The van der Waals surface area contributed by atoms with Crippen LogP contribution in [0, 0.1) is 0 Å². The van der Waals surface area contributed by atoms with Crippen LogP contribution in [-0.2, 0) is 61.9 Å². The molecule has 12 aromatic carbocycles. The van der Waals surface area contributed by atoms with Crippen LogP contribution in [0.4, 0.5) is 22.7 Å². The molecule has 0 atom stereocenters. The Morgan fingerprint density at radius 3 is 0.632 bits per heavy atom. The van der Waals surface area contributed by atoms with Gasteiger partial charge in [0.25, 0.3) is 0 Å². The average molecular weight is 1790 g/mol. The summed E-state index contributed by atoms with van der Waals surface area (Å²) in [6.45, 7) is 11.2. The van der Waals surface area contributed by atoms with Gasteiger partial charge in [0, 0.05) is 45.0 Å². The number of rotatable bonds is 36. The van der Waals surface area contributed by atoms with Crippen LogP contribution in [0.1, 0.15) is 124 Å². The van der Waals surface area contributed by atoms with Gasteiger partial charge in [0.1, 0.15) is 23.0 Å². The topological polar surface area (TPSA) is 207 Å². The van der Waals surface area contributed by atoms with E-state index in [9.17, 15) is 19.2 Å². The molecular weight excluding hydrogens is 1690 g/mol. The van der Waals surface area contributed by atoms with Crippen molar-refractivity contribution in [2.75, 3.05) is 47.7 Å². The van der Waals surface area contributed by atoms with Crippen molar-refractivity contribution in [1.29, 1.82) is 0 Å². The summed E-state index contributed by atoms with van der Waals surface area (Å²) in [5.41, 5.74) is 22.6. The number of carbonyl (C=O) groups is 4. The number of para-hydroxylation sites is 4. The van der Waals surface area contributed by atoms with Crippen LogP contribution in [0.2, 0.25) is 0 Å². The second-order valence-electron chi connectivity index (χ2n) is 33.1. The van der Waals surface area contributed by atoms with Gasteiger partial charge in [0.15, 0.2) is 0 Å². The molecule has 3 aromatic heterocycles. The van der Waals surface area contributed by atoms with Crippen molar-refractivity contribution in [3.63, 3.8) is 0 Å². The van der Waals surface area contributed by atoms with Gasteiger partial charge in [0.2, 0.25) is 23.6 Å². The molecule has 133 heavy (non-hydrogen) atoms. The molecule has 15 aromatic rings. The Morgan fingerprint density at radius 2 is 0.436 bits per heavy atom.